The Bertz CT molecular complexity index is 475. The van der Waals surface area contributed by atoms with Crippen LogP contribution in [-0.4, -0.2) is 37.9 Å². The Morgan fingerprint density at radius 2 is 1.91 bits per heavy atom. The summed E-state index contributed by atoms with van der Waals surface area (Å²) in [6, 6.07) is 7.02. The summed E-state index contributed by atoms with van der Waals surface area (Å²) in [7, 11) is 1.61. The Hall–Kier alpha value is -1.66. The van der Waals surface area contributed by atoms with Crippen LogP contribution in [0.4, 0.5) is 0 Å². The number of hydrogen-bond acceptors (Lipinski definition) is 4. The lowest BCUT2D eigenvalue weighted by Gasteiger charge is -2.10. The van der Waals surface area contributed by atoms with Crippen LogP contribution >= 0.6 is 12.2 Å². The molecule has 1 aromatic carbocycles. The summed E-state index contributed by atoms with van der Waals surface area (Å²) in [4.78, 5) is 12.0. The number of thiocarbonyl (C=S) groups is 1. The molecule has 0 aliphatic heterocycles. The summed E-state index contributed by atoms with van der Waals surface area (Å²) in [6.07, 6.45) is 1.00. The second-order valence-electron chi connectivity index (χ2n) is 5.26. The molecular weight excluding hydrogens is 300 g/mol. The van der Waals surface area contributed by atoms with Gasteiger partial charge in [-0.15, -0.1) is 0 Å². The first kappa shape index (κ1) is 18.4. The molecule has 1 amide bonds. The maximum absolute atomic E-state index is 12.0. The average Bonchev–Trinajstić information content (AvgIpc) is 2.47. The first-order chi connectivity index (χ1) is 10.5. The van der Waals surface area contributed by atoms with Crippen LogP contribution in [0.15, 0.2) is 24.3 Å². The number of rotatable bonds is 8. The van der Waals surface area contributed by atoms with Gasteiger partial charge in [-0.05, 0) is 48.8 Å². The lowest BCUT2D eigenvalue weighted by molar-refractivity contribution is 0.0976. The smallest absolute Gasteiger partial charge is 0.257 e. The third kappa shape index (κ3) is 7.38. The van der Waals surface area contributed by atoms with Crippen molar-refractivity contribution in [3.63, 3.8) is 0 Å². The molecule has 0 heterocycles. The molecular formula is C16H24N2O3S. The van der Waals surface area contributed by atoms with Gasteiger partial charge in [0.2, 0.25) is 0 Å². The van der Waals surface area contributed by atoms with Crippen LogP contribution in [0.1, 0.15) is 30.6 Å². The SMILES string of the molecule is COCCNC(=S)NC(=O)c1ccc(OCCC(C)C)cc1. The highest BCUT2D eigenvalue weighted by molar-refractivity contribution is 7.80. The van der Waals surface area contributed by atoms with Crippen LogP contribution in [0.3, 0.4) is 0 Å². The molecule has 0 aromatic heterocycles. The third-order valence-electron chi connectivity index (χ3n) is 2.90. The van der Waals surface area contributed by atoms with E-state index in [-0.39, 0.29) is 5.91 Å². The van der Waals surface area contributed by atoms with Gasteiger partial charge < -0.3 is 14.8 Å². The van der Waals surface area contributed by atoms with E-state index in [0.717, 1.165) is 12.2 Å². The monoisotopic (exact) mass is 324 g/mol. The number of ether oxygens (including phenoxy) is 2. The van der Waals surface area contributed by atoms with E-state index in [4.69, 9.17) is 21.7 Å². The number of methoxy groups -OCH3 is 1. The summed E-state index contributed by atoms with van der Waals surface area (Å²) < 4.78 is 10.5. The summed E-state index contributed by atoms with van der Waals surface area (Å²) in [5.41, 5.74) is 0.534. The molecule has 6 heteroatoms. The fraction of sp³-hybridized carbons (Fsp3) is 0.500. The zero-order chi connectivity index (χ0) is 16.4. The van der Waals surface area contributed by atoms with Gasteiger partial charge in [0.1, 0.15) is 5.75 Å². The first-order valence-electron chi connectivity index (χ1n) is 7.34. The Morgan fingerprint density at radius 3 is 2.50 bits per heavy atom. The zero-order valence-electron chi connectivity index (χ0n) is 13.3. The minimum Gasteiger partial charge on any atom is -0.494 e. The number of benzene rings is 1. The molecule has 2 N–H and O–H groups in total. The Kier molecular flexibility index (Phi) is 8.47. The molecule has 0 aliphatic rings. The third-order valence-corrected chi connectivity index (χ3v) is 3.15. The largest absolute Gasteiger partial charge is 0.494 e. The Labute approximate surface area is 137 Å². The van der Waals surface area contributed by atoms with Gasteiger partial charge in [-0.1, -0.05) is 13.8 Å². The van der Waals surface area contributed by atoms with E-state index in [1.165, 1.54) is 0 Å². The normalized spacial score (nSPS) is 10.4. The minimum absolute atomic E-state index is 0.247. The summed E-state index contributed by atoms with van der Waals surface area (Å²) in [6.45, 7) is 6.06. The molecule has 0 fully saturated rings. The van der Waals surface area contributed by atoms with Crippen LogP contribution in [0.5, 0.6) is 5.75 Å². The Balaban J connectivity index is 2.41. The molecule has 0 atom stereocenters. The summed E-state index contributed by atoms with van der Waals surface area (Å²) >= 11 is 5.03. The van der Waals surface area contributed by atoms with E-state index in [0.29, 0.717) is 36.4 Å². The van der Waals surface area contributed by atoms with E-state index in [2.05, 4.69) is 24.5 Å². The molecule has 1 aromatic rings. The van der Waals surface area contributed by atoms with Gasteiger partial charge in [0.05, 0.1) is 13.2 Å². The number of hydrogen-bond donors (Lipinski definition) is 2. The summed E-state index contributed by atoms with van der Waals surface area (Å²) in [5.74, 6) is 1.12. The van der Waals surface area contributed by atoms with Crippen LogP contribution in [-0.2, 0) is 4.74 Å². The molecule has 1 rings (SSSR count). The molecule has 0 radical (unpaired) electrons. The van der Waals surface area contributed by atoms with Gasteiger partial charge >= 0.3 is 0 Å². The van der Waals surface area contributed by atoms with Gasteiger partial charge in [0.15, 0.2) is 5.11 Å². The molecule has 0 aliphatic carbocycles. The van der Waals surface area contributed by atoms with Crippen molar-refractivity contribution in [2.24, 2.45) is 5.92 Å². The predicted octanol–water partition coefficient (Wildman–Crippen LogP) is 2.36. The standard InChI is InChI=1S/C16H24N2O3S/c1-12(2)8-10-21-14-6-4-13(5-7-14)15(19)18-16(22)17-9-11-20-3/h4-7,12H,8-11H2,1-3H3,(H2,17,18,19,22). The molecule has 0 bridgehead atoms. The highest BCUT2D eigenvalue weighted by Crippen LogP contribution is 2.13. The van der Waals surface area contributed by atoms with E-state index in [1.807, 2.05) is 0 Å². The van der Waals surface area contributed by atoms with Crippen molar-refractivity contribution in [2.75, 3.05) is 26.9 Å². The van der Waals surface area contributed by atoms with Crippen LogP contribution < -0.4 is 15.4 Å². The van der Waals surface area contributed by atoms with Gasteiger partial charge in [-0.25, -0.2) is 0 Å². The van der Waals surface area contributed by atoms with E-state index < -0.39 is 0 Å². The minimum atomic E-state index is -0.247. The average molecular weight is 324 g/mol. The van der Waals surface area contributed by atoms with Crippen molar-refractivity contribution >= 4 is 23.2 Å². The number of carbonyl (C=O) groups is 1. The second-order valence-corrected chi connectivity index (χ2v) is 5.67. The van der Waals surface area contributed by atoms with Crippen molar-refractivity contribution in [3.8, 4) is 5.75 Å². The second kappa shape index (κ2) is 10.1. The molecule has 5 nitrogen and oxygen atoms in total. The van der Waals surface area contributed by atoms with Crippen LogP contribution in [0, 0.1) is 5.92 Å². The molecule has 0 spiro atoms. The van der Waals surface area contributed by atoms with Crippen molar-refractivity contribution in [3.05, 3.63) is 29.8 Å². The van der Waals surface area contributed by atoms with Gasteiger partial charge in [-0.3, -0.25) is 10.1 Å². The van der Waals surface area contributed by atoms with E-state index in [9.17, 15) is 4.79 Å². The molecule has 0 saturated heterocycles. The van der Waals surface area contributed by atoms with Crippen molar-refractivity contribution in [1.82, 2.24) is 10.6 Å². The molecule has 22 heavy (non-hydrogen) atoms. The highest BCUT2D eigenvalue weighted by Gasteiger charge is 2.07. The first-order valence-corrected chi connectivity index (χ1v) is 7.74. The Morgan fingerprint density at radius 1 is 1.23 bits per heavy atom. The number of amides is 1. The molecule has 0 unspecified atom stereocenters. The van der Waals surface area contributed by atoms with Gasteiger partial charge in [0, 0.05) is 19.2 Å². The lowest BCUT2D eigenvalue weighted by atomic mass is 10.1. The van der Waals surface area contributed by atoms with Gasteiger partial charge in [0.25, 0.3) is 5.91 Å². The van der Waals surface area contributed by atoms with Crippen molar-refractivity contribution < 1.29 is 14.3 Å². The van der Waals surface area contributed by atoms with E-state index >= 15 is 0 Å². The zero-order valence-corrected chi connectivity index (χ0v) is 14.2. The number of nitrogens with one attached hydrogen (secondary N) is 2. The molecule has 0 saturated carbocycles. The van der Waals surface area contributed by atoms with Crippen molar-refractivity contribution in [2.45, 2.75) is 20.3 Å². The van der Waals surface area contributed by atoms with Crippen LogP contribution in [0.25, 0.3) is 0 Å². The quantitative estimate of drug-likeness (QED) is 0.568. The van der Waals surface area contributed by atoms with Gasteiger partial charge in [-0.2, -0.15) is 0 Å². The lowest BCUT2D eigenvalue weighted by Crippen LogP contribution is -2.40. The maximum Gasteiger partial charge on any atom is 0.257 e. The van der Waals surface area contributed by atoms with E-state index in [1.54, 1.807) is 31.4 Å². The highest BCUT2D eigenvalue weighted by atomic mass is 32.1. The predicted molar refractivity (Wildman–Crippen MR) is 91.3 cm³/mol. The summed E-state index contributed by atoms with van der Waals surface area (Å²) in [5, 5.41) is 5.79. The maximum atomic E-state index is 12.0. The number of carbonyl (C=O) groups excluding carboxylic acids is 1. The topological polar surface area (TPSA) is 59.6 Å². The van der Waals surface area contributed by atoms with Crippen molar-refractivity contribution in [1.29, 1.82) is 0 Å². The fourth-order valence-electron chi connectivity index (χ4n) is 1.60. The van der Waals surface area contributed by atoms with Crippen LogP contribution in [0.2, 0.25) is 0 Å². The fourth-order valence-corrected chi connectivity index (χ4v) is 1.80. The molecule has 122 valence electrons.